The number of allylic oxidation sites excluding steroid dienone is 2. The van der Waals surface area contributed by atoms with E-state index in [0.29, 0.717) is 77.2 Å². The Labute approximate surface area is 425 Å². The van der Waals surface area contributed by atoms with Crippen LogP contribution in [0.25, 0.3) is 64.2 Å². The number of benzene rings is 7. The molecule has 3 aromatic heterocycles. The molecule has 0 saturated heterocycles. The van der Waals surface area contributed by atoms with E-state index in [0.717, 1.165) is 88.5 Å². The molecule has 0 fully saturated rings. The zero-order valence-electron chi connectivity index (χ0n) is 39.7. The Morgan fingerprint density at radius 1 is 0.676 bits per heavy atom. The molecule has 13 rings (SSSR count). The molecule has 3 aliphatic rings. The number of nitrogens with zero attached hydrogens (tertiary/aromatic N) is 2. The van der Waals surface area contributed by atoms with E-state index in [2.05, 4.69) is 23.2 Å². The van der Waals surface area contributed by atoms with Crippen molar-refractivity contribution in [2.24, 2.45) is 0 Å². The number of nitrogens with one attached hydrogen (secondary N) is 1. The van der Waals surface area contributed by atoms with Gasteiger partial charge in [0.05, 0.1) is 22.5 Å². The highest BCUT2D eigenvalue weighted by atomic mass is 32.1. The van der Waals surface area contributed by atoms with Gasteiger partial charge in [-0.25, -0.2) is 26.5 Å². The number of carbonyl (C=O) groups excluding carboxylic acids is 1. The highest BCUT2D eigenvalue weighted by Gasteiger charge is 2.48. The molecule has 4 heterocycles. The van der Waals surface area contributed by atoms with Crippen LogP contribution in [0.2, 0.25) is 0 Å². The maximum atomic E-state index is 16.9. The van der Waals surface area contributed by atoms with Crippen LogP contribution in [0.3, 0.4) is 0 Å². The molecular formula is C61H43BF4N3O4S+. The number of ether oxygens (including phenoxy) is 1. The maximum Gasteiger partial charge on any atom is 0.935 e. The zero-order valence-corrected chi connectivity index (χ0v) is 40.6. The molecule has 13 heteroatoms. The molecule has 0 amide bonds. The lowest BCUT2D eigenvalue weighted by Crippen LogP contribution is -2.31. The Balaban J connectivity index is 0.778. The molecule has 0 saturated carbocycles. The lowest BCUT2D eigenvalue weighted by Gasteiger charge is -2.14. The van der Waals surface area contributed by atoms with Crippen LogP contribution >= 0.6 is 11.3 Å². The second-order valence-corrected chi connectivity index (χ2v) is 20.4. The molecule has 74 heavy (non-hydrogen) atoms. The predicted molar refractivity (Wildman–Crippen MR) is 286 cm³/mol. The van der Waals surface area contributed by atoms with Crippen LogP contribution < -0.4 is 15.9 Å². The molecule has 0 radical (unpaired) electrons. The molecule has 0 unspecified atom stereocenters. The van der Waals surface area contributed by atoms with Crippen molar-refractivity contribution >= 4 is 77.7 Å². The van der Waals surface area contributed by atoms with Gasteiger partial charge in [0.15, 0.2) is 11.4 Å². The van der Waals surface area contributed by atoms with Crippen molar-refractivity contribution in [3.8, 4) is 22.7 Å². The van der Waals surface area contributed by atoms with Gasteiger partial charge in [-0.3, -0.25) is 14.4 Å². The van der Waals surface area contributed by atoms with Crippen LogP contribution in [0.15, 0.2) is 166 Å². The minimum absolute atomic E-state index is 0.0344. The molecule has 1 N–H and O–H groups in total. The van der Waals surface area contributed by atoms with Gasteiger partial charge < -0.3 is 9.72 Å². The van der Waals surface area contributed by atoms with Crippen molar-refractivity contribution in [2.75, 3.05) is 0 Å². The zero-order chi connectivity index (χ0) is 50.4. The van der Waals surface area contributed by atoms with E-state index >= 15 is 17.4 Å². The SMILES string of the molecule is O=C(CCCc1ccc(-n2c(=O)c3ccc4sc5ccccc5c5ccc(c2=O)c3c45)cc1)Oc1cc(F)c(/C(=C2\C=C3CCCc4ccccc4C3=[N+]2B(F)F)c2cc3c([nH]2)-c2ccccc2CCC3)c(F)c1. The summed E-state index contributed by atoms with van der Waals surface area (Å²) in [5, 5.41) is 4.55. The summed E-state index contributed by atoms with van der Waals surface area (Å²) in [6.07, 6.45) is 6.56. The smallest absolute Gasteiger partial charge is 0.426 e. The summed E-state index contributed by atoms with van der Waals surface area (Å²) in [6.45, 7) is 0. The van der Waals surface area contributed by atoms with Crippen LogP contribution in [0.1, 0.15) is 71.2 Å². The summed E-state index contributed by atoms with van der Waals surface area (Å²) in [4.78, 5) is 44.9. The highest BCUT2D eigenvalue weighted by Crippen LogP contribution is 2.43. The van der Waals surface area contributed by atoms with Crippen molar-refractivity contribution in [3.63, 3.8) is 0 Å². The topological polar surface area (TPSA) is 84.2 Å². The summed E-state index contributed by atoms with van der Waals surface area (Å²) < 4.78 is 74.9. The van der Waals surface area contributed by atoms with Crippen LogP contribution in [-0.2, 0) is 30.5 Å². The van der Waals surface area contributed by atoms with E-state index in [-0.39, 0.29) is 29.1 Å². The first-order valence-electron chi connectivity index (χ1n) is 24.9. The van der Waals surface area contributed by atoms with E-state index in [9.17, 15) is 14.4 Å². The summed E-state index contributed by atoms with van der Waals surface area (Å²) in [7, 11) is -3.05. The molecule has 10 aromatic rings. The fourth-order valence-corrected chi connectivity index (χ4v) is 12.8. The van der Waals surface area contributed by atoms with E-state index in [1.165, 1.54) is 4.57 Å². The van der Waals surface area contributed by atoms with Gasteiger partial charge in [0.2, 0.25) is 0 Å². The van der Waals surface area contributed by atoms with Gasteiger partial charge in [-0.15, -0.1) is 11.3 Å². The van der Waals surface area contributed by atoms with Crippen molar-refractivity contribution in [1.29, 1.82) is 0 Å². The predicted octanol–water partition coefficient (Wildman–Crippen LogP) is 13.5. The Morgan fingerprint density at radius 3 is 2.08 bits per heavy atom. The number of carbonyl (C=O) groups is 1. The Morgan fingerprint density at radius 2 is 1.32 bits per heavy atom. The third-order valence-electron chi connectivity index (χ3n) is 15.0. The lowest BCUT2D eigenvalue weighted by molar-refractivity contribution is -0.340. The summed E-state index contributed by atoms with van der Waals surface area (Å²) in [5.41, 5.74) is 6.41. The number of aromatic nitrogens is 2. The molecule has 2 aliphatic carbocycles. The minimum Gasteiger partial charge on any atom is -0.426 e. The normalized spacial score (nSPS) is 14.9. The third kappa shape index (κ3) is 7.54. The number of pyridine rings is 1. The van der Waals surface area contributed by atoms with Crippen molar-refractivity contribution in [1.82, 2.24) is 9.55 Å². The number of fused-ring (bicyclic) bond motifs is 8. The number of hydrogen-bond acceptors (Lipinski definition) is 5. The van der Waals surface area contributed by atoms with Crippen molar-refractivity contribution in [3.05, 3.63) is 228 Å². The summed E-state index contributed by atoms with van der Waals surface area (Å²) in [6, 6.07) is 41.7. The Bertz CT molecular complexity index is 4170. The average Bonchev–Trinajstić information content (AvgIpc) is 3.89. The maximum absolute atomic E-state index is 16.9. The largest absolute Gasteiger partial charge is 0.935 e. The molecule has 7 aromatic carbocycles. The van der Waals surface area contributed by atoms with Crippen LogP contribution in [-0.4, -0.2) is 33.1 Å². The second-order valence-electron chi connectivity index (χ2n) is 19.4. The number of hydrogen-bond donors (Lipinski definition) is 1. The first-order chi connectivity index (χ1) is 36.1. The average molecular weight is 1000 g/mol. The van der Waals surface area contributed by atoms with Gasteiger partial charge in [-0.05, 0) is 133 Å². The first kappa shape index (κ1) is 45.7. The number of halogens is 4. The van der Waals surface area contributed by atoms with Gasteiger partial charge in [-0.2, -0.15) is 0 Å². The monoisotopic (exact) mass is 1000 g/mol. The number of rotatable bonds is 9. The quantitative estimate of drug-likeness (QED) is 0.0390. The summed E-state index contributed by atoms with van der Waals surface area (Å²) >= 11 is 1.63. The van der Waals surface area contributed by atoms with Gasteiger partial charge in [0.25, 0.3) is 11.1 Å². The van der Waals surface area contributed by atoms with Crippen molar-refractivity contribution < 1.29 is 31.4 Å². The van der Waals surface area contributed by atoms with Crippen molar-refractivity contribution in [2.45, 2.75) is 57.8 Å². The lowest BCUT2D eigenvalue weighted by atomic mass is 9.96. The number of esters is 1. The Hall–Kier alpha value is -8.16. The standard InChI is InChI=1S/C61H42BF4N3O4S/c63-47-32-40(73-53(70)21-7-10-34-22-24-39(25-23-34)68-60(71)45-27-26-44-43-19-5-6-20-51(43)74-52-29-28-46(61(68)72)54(45)55(44)52)33-48(64)56(47)57(49-30-37-15-8-13-35-11-1-3-17-41(35)58(37)67-49)50-31-38-16-9-14-36-12-2-4-18-42(36)59(38)69(50)62(65)66/h1-6,11-12,17-20,22-33H,7-10,13-16,21H2/p+1. The van der Waals surface area contributed by atoms with E-state index < -0.39 is 41.7 Å². The number of H-pyrrole nitrogens is 1. The van der Waals surface area contributed by atoms with Gasteiger partial charge in [0.1, 0.15) is 17.4 Å². The molecule has 0 bridgehead atoms. The first-order valence-corrected chi connectivity index (χ1v) is 25.7. The minimum atomic E-state index is -3.05. The Kier molecular flexibility index (Phi) is 11.2. The molecule has 0 spiro atoms. The molecule has 7 nitrogen and oxygen atoms in total. The fraction of sp³-hybridized carbons (Fsp3) is 0.148. The molecule has 1 aliphatic heterocycles. The van der Waals surface area contributed by atoms with Gasteiger partial charge >= 0.3 is 13.4 Å². The van der Waals surface area contributed by atoms with Crippen LogP contribution in [0.4, 0.5) is 17.4 Å². The number of aryl methyl sites for hydroxylation is 4. The van der Waals surface area contributed by atoms with Gasteiger partial charge in [-0.1, -0.05) is 78.9 Å². The highest BCUT2D eigenvalue weighted by molar-refractivity contribution is 7.25. The summed E-state index contributed by atoms with van der Waals surface area (Å²) in [5.74, 6) is -3.23. The second kappa shape index (κ2) is 18.1. The number of aromatic amines is 1. The van der Waals surface area contributed by atoms with E-state index in [1.54, 1.807) is 53.8 Å². The van der Waals surface area contributed by atoms with E-state index in [1.807, 2.05) is 72.8 Å². The van der Waals surface area contributed by atoms with Crippen LogP contribution in [0.5, 0.6) is 5.75 Å². The fourth-order valence-electron chi connectivity index (χ4n) is 11.7. The van der Waals surface area contributed by atoms with Crippen LogP contribution in [0, 0.1) is 11.6 Å². The third-order valence-corrected chi connectivity index (χ3v) is 16.1. The molecule has 0 atom stereocenters. The van der Waals surface area contributed by atoms with E-state index in [4.69, 9.17) is 4.74 Å². The molecule has 362 valence electrons. The molecular weight excluding hydrogens is 958 g/mol. The van der Waals surface area contributed by atoms with Gasteiger partial charge in [0, 0.05) is 78.0 Å².